The maximum atomic E-state index is 14.2. The zero-order chi connectivity index (χ0) is 28.7. The zero-order valence-corrected chi connectivity index (χ0v) is 23.3. The fourth-order valence-corrected chi connectivity index (χ4v) is 6.09. The first kappa shape index (κ1) is 27.0. The molecule has 0 aliphatic carbocycles. The molecule has 0 bridgehead atoms. The van der Waals surface area contributed by atoms with Crippen LogP contribution in [0.2, 0.25) is 0 Å². The molecule has 0 radical (unpaired) electrons. The van der Waals surface area contributed by atoms with Gasteiger partial charge in [-0.05, 0) is 44.5 Å². The van der Waals surface area contributed by atoms with Crippen LogP contribution >= 0.6 is 11.3 Å². The topological polar surface area (TPSA) is 107 Å². The van der Waals surface area contributed by atoms with E-state index >= 15 is 0 Å². The van der Waals surface area contributed by atoms with Gasteiger partial charge in [-0.25, -0.2) is 14.6 Å². The van der Waals surface area contributed by atoms with Crippen molar-refractivity contribution < 1.29 is 23.9 Å². The van der Waals surface area contributed by atoms with Crippen molar-refractivity contribution in [1.82, 2.24) is 4.57 Å². The predicted octanol–water partition coefficient (Wildman–Crippen LogP) is 2.88. The van der Waals surface area contributed by atoms with Crippen LogP contribution in [0.3, 0.4) is 0 Å². The highest BCUT2D eigenvalue weighted by molar-refractivity contribution is 7.07. The third-order valence-electron chi connectivity index (χ3n) is 6.67. The van der Waals surface area contributed by atoms with Crippen LogP contribution in [0.15, 0.2) is 82.2 Å². The molecule has 5 rings (SSSR count). The Morgan fingerprint density at radius 1 is 1.10 bits per heavy atom. The summed E-state index contributed by atoms with van der Waals surface area (Å²) in [5, 5.41) is 0. The molecule has 10 heteroatoms. The molecule has 2 aliphatic heterocycles. The van der Waals surface area contributed by atoms with Crippen LogP contribution in [0.5, 0.6) is 0 Å². The third kappa shape index (κ3) is 4.40. The predicted molar refractivity (Wildman–Crippen MR) is 151 cm³/mol. The number of allylic oxidation sites excluding steroid dienone is 1. The van der Waals surface area contributed by atoms with Gasteiger partial charge in [-0.3, -0.25) is 14.2 Å². The van der Waals surface area contributed by atoms with Gasteiger partial charge in [0.1, 0.15) is 4.53 Å². The summed E-state index contributed by atoms with van der Waals surface area (Å²) in [4.78, 5) is 59.7. The molecule has 40 heavy (non-hydrogen) atoms. The lowest BCUT2D eigenvalue weighted by atomic mass is 9.95. The first-order valence-electron chi connectivity index (χ1n) is 12.6. The van der Waals surface area contributed by atoms with Gasteiger partial charge < -0.3 is 14.4 Å². The van der Waals surface area contributed by atoms with Gasteiger partial charge in [-0.1, -0.05) is 47.7 Å². The van der Waals surface area contributed by atoms with E-state index in [0.29, 0.717) is 32.9 Å². The van der Waals surface area contributed by atoms with Crippen LogP contribution < -0.4 is 19.8 Å². The van der Waals surface area contributed by atoms with Gasteiger partial charge in [0, 0.05) is 12.1 Å². The molecule has 1 atom stereocenters. The maximum absolute atomic E-state index is 14.2. The lowest BCUT2D eigenvalue weighted by Crippen LogP contribution is -2.41. The lowest BCUT2D eigenvalue weighted by molar-refractivity contribution is -0.143. The summed E-state index contributed by atoms with van der Waals surface area (Å²) in [7, 11) is 1.29. The molecule has 1 amide bonds. The Balaban J connectivity index is 1.78. The average molecular weight is 558 g/mol. The number of carbonyl (C=O) groups excluding carboxylic acids is 3. The van der Waals surface area contributed by atoms with Crippen LogP contribution in [-0.2, 0) is 19.1 Å². The Bertz CT molecular complexity index is 1780. The van der Waals surface area contributed by atoms with Crippen molar-refractivity contribution in [2.24, 2.45) is 4.99 Å². The normalized spacial score (nSPS) is 17.4. The molecule has 0 spiro atoms. The second-order valence-corrected chi connectivity index (χ2v) is 10.5. The smallest absolute Gasteiger partial charge is 0.338 e. The molecular formula is C30H27N3O6S. The van der Waals surface area contributed by atoms with E-state index in [4.69, 9.17) is 9.47 Å². The van der Waals surface area contributed by atoms with Crippen LogP contribution in [0.4, 0.5) is 5.69 Å². The number of nitrogens with zero attached hydrogens (tertiary/aromatic N) is 3. The van der Waals surface area contributed by atoms with E-state index < -0.39 is 29.6 Å². The van der Waals surface area contributed by atoms with Crippen molar-refractivity contribution in [3.8, 4) is 0 Å². The first-order valence-corrected chi connectivity index (χ1v) is 13.5. The van der Waals surface area contributed by atoms with Gasteiger partial charge in [0.25, 0.3) is 11.5 Å². The molecule has 2 aliphatic rings. The molecule has 1 unspecified atom stereocenters. The number of ether oxygens (including phenoxy) is 2. The number of fused-ring (bicyclic) bond motifs is 2. The van der Waals surface area contributed by atoms with Gasteiger partial charge in [-0.2, -0.15) is 0 Å². The van der Waals surface area contributed by atoms with Gasteiger partial charge in [0.15, 0.2) is 4.80 Å². The maximum Gasteiger partial charge on any atom is 0.338 e. The molecule has 9 nitrogen and oxygen atoms in total. The summed E-state index contributed by atoms with van der Waals surface area (Å²) >= 11 is 1.10. The number of anilines is 1. The SMILES string of the molecule is C=CCN1C(=O)C(=c2sc3n(c2=O)C(c2ccc(C(=O)OC)cc2)C(C(=O)OC(C)C)=C(C)N=3)c2ccccc21. The van der Waals surface area contributed by atoms with Crippen molar-refractivity contribution in [1.29, 1.82) is 0 Å². The van der Waals surface area contributed by atoms with E-state index in [1.165, 1.54) is 11.7 Å². The molecule has 0 saturated heterocycles. The van der Waals surface area contributed by atoms with E-state index in [-0.39, 0.29) is 28.1 Å². The number of thiazole rings is 1. The van der Waals surface area contributed by atoms with Gasteiger partial charge in [0.2, 0.25) is 0 Å². The number of benzene rings is 2. The Labute approximate surface area is 234 Å². The summed E-state index contributed by atoms with van der Waals surface area (Å²) in [6.07, 6.45) is 1.23. The minimum Gasteiger partial charge on any atom is -0.465 e. The van der Waals surface area contributed by atoms with Crippen LogP contribution in [0.1, 0.15) is 48.3 Å². The van der Waals surface area contributed by atoms with Gasteiger partial charge >= 0.3 is 11.9 Å². The summed E-state index contributed by atoms with van der Waals surface area (Å²) in [5.41, 5.74) is 2.67. The first-order chi connectivity index (χ1) is 19.2. The highest BCUT2D eigenvalue weighted by atomic mass is 32.1. The van der Waals surface area contributed by atoms with Crippen LogP contribution in [-0.4, -0.2) is 42.2 Å². The number of para-hydroxylation sites is 1. The van der Waals surface area contributed by atoms with Crippen molar-refractivity contribution in [3.63, 3.8) is 0 Å². The summed E-state index contributed by atoms with van der Waals surface area (Å²) in [5.74, 6) is -1.41. The summed E-state index contributed by atoms with van der Waals surface area (Å²) in [6.45, 7) is 9.22. The van der Waals surface area contributed by atoms with E-state index in [1.54, 1.807) is 56.0 Å². The highest BCUT2D eigenvalue weighted by Gasteiger charge is 2.37. The van der Waals surface area contributed by atoms with E-state index in [0.717, 1.165) is 11.3 Å². The molecule has 2 aromatic carbocycles. The van der Waals surface area contributed by atoms with Crippen molar-refractivity contribution in [2.45, 2.75) is 32.9 Å². The van der Waals surface area contributed by atoms with E-state index in [9.17, 15) is 19.2 Å². The molecule has 0 saturated carbocycles. The standard InChI is InChI=1S/C30H27N3O6S/c1-6-15-32-21-10-8-7-9-20(21)23(26(32)34)25-27(35)33-24(18-11-13-19(14-12-18)28(36)38-5)22(29(37)39-16(2)3)17(4)31-30(33)40-25/h6-14,16,24H,1,15H2,2-5H3. The minimum absolute atomic E-state index is 0.204. The summed E-state index contributed by atoms with van der Waals surface area (Å²) < 4.78 is 12.0. The van der Waals surface area contributed by atoms with Gasteiger partial charge in [0.05, 0.1) is 47.3 Å². The van der Waals surface area contributed by atoms with Crippen LogP contribution in [0.25, 0.3) is 5.57 Å². The van der Waals surface area contributed by atoms with Crippen molar-refractivity contribution >= 4 is 40.4 Å². The number of rotatable bonds is 6. The Morgan fingerprint density at radius 3 is 2.45 bits per heavy atom. The van der Waals surface area contributed by atoms with Crippen molar-refractivity contribution in [3.05, 3.63) is 109 Å². The minimum atomic E-state index is -0.889. The van der Waals surface area contributed by atoms with Crippen molar-refractivity contribution in [2.75, 3.05) is 18.6 Å². The number of aromatic nitrogens is 1. The molecule has 3 aromatic rings. The highest BCUT2D eigenvalue weighted by Crippen LogP contribution is 2.35. The average Bonchev–Trinajstić information content (AvgIpc) is 3.39. The molecule has 1 aromatic heterocycles. The van der Waals surface area contributed by atoms with Crippen LogP contribution in [0, 0.1) is 0 Å². The molecular weight excluding hydrogens is 530 g/mol. The monoisotopic (exact) mass is 557 g/mol. The Morgan fingerprint density at radius 2 is 1.80 bits per heavy atom. The fraction of sp³-hybridized carbons (Fsp3) is 0.233. The molecule has 0 N–H and O–H groups in total. The second kappa shape index (κ2) is 10.5. The number of carbonyl (C=O) groups is 3. The second-order valence-electron chi connectivity index (χ2n) is 9.57. The lowest BCUT2D eigenvalue weighted by Gasteiger charge is -2.25. The largest absolute Gasteiger partial charge is 0.465 e. The number of hydrogen-bond acceptors (Lipinski definition) is 8. The molecule has 0 fully saturated rings. The third-order valence-corrected chi connectivity index (χ3v) is 7.72. The zero-order valence-electron chi connectivity index (χ0n) is 22.5. The van der Waals surface area contributed by atoms with Gasteiger partial charge in [-0.15, -0.1) is 6.58 Å². The number of amides is 1. The Hall–Kier alpha value is -4.57. The quantitative estimate of drug-likeness (QED) is 0.341. The number of methoxy groups -OCH3 is 1. The Kier molecular flexibility index (Phi) is 7.12. The van der Waals surface area contributed by atoms with E-state index in [2.05, 4.69) is 11.6 Å². The van der Waals surface area contributed by atoms with E-state index in [1.807, 2.05) is 24.3 Å². The molecule has 3 heterocycles. The molecule has 204 valence electrons. The number of hydrogen-bond donors (Lipinski definition) is 0. The fourth-order valence-electron chi connectivity index (χ4n) is 4.96. The number of esters is 2. The summed E-state index contributed by atoms with van der Waals surface area (Å²) in [6, 6.07) is 12.9.